The predicted molar refractivity (Wildman–Crippen MR) is 80.5 cm³/mol. The van der Waals surface area contributed by atoms with E-state index in [4.69, 9.17) is 4.98 Å². The number of hydrogen-bond donors (Lipinski definition) is 1. The number of aromatic nitrogens is 3. The third-order valence-corrected chi connectivity index (χ3v) is 4.15. The van der Waals surface area contributed by atoms with E-state index in [1.54, 1.807) is 6.20 Å². The Balaban J connectivity index is 1.81. The molecule has 1 N–H and O–H groups in total. The largest absolute Gasteiger partial charge is 0.300 e. The number of rotatable bonds is 3. The SMILES string of the molecule is CC(C)N1CCC[C@H](c2cccc(-c3ccn[nH]3)n2)C1. The standard InChI is InChI=1S/C16H22N4/c1-12(2)20-10-4-5-13(11-20)14-6-3-7-15(18-14)16-8-9-17-19-16/h3,6-9,12-13H,4-5,10-11H2,1-2H3,(H,17,19)/t13-/m0/s1. The molecule has 2 aromatic rings. The Morgan fingerprint density at radius 2 is 2.20 bits per heavy atom. The Hall–Kier alpha value is -1.68. The average molecular weight is 270 g/mol. The van der Waals surface area contributed by atoms with Gasteiger partial charge in [0.1, 0.15) is 0 Å². The fraction of sp³-hybridized carbons (Fsp3) is 0.500. The quantitative estimate of drug-likeness (QED) is 0.932. The number of aromatic amines is 1. The van der Waals surface area contributed by atoms with E-state index in [-0.39, 0.29) is 0 Å². The van der Waals surface area contributed by atoms with Crippen LogP contribution in [0.3, 0.4) is 0 Å². The minimum absolute atomic E-state index is 0.550. The van der Waals surface area contributed by atoms with Gasteiger partial charge in [-0.15, -0.1) is 0 Å². The molecule has 0 unspecified atom stereocenters. The van der Waals surface area contributed by atoms with Crippen LogP contribution in [-0.4, -0.2) is 39.2 Å². The highest BCUT2D eigenvalue weighted by atomic mass is 15.2. The van der Waals surface area contributed by atoms with Gasteiger partial charge in [0.15, 0.2) is 0 Å². The Labute approximate surface area is 120 Å². The third kappa shape index (κ3) is 2.75. The average Bonchev–Trinajstić information content (AvgIpc) is 3.02. The molecule has 3 rings (SSSR count). The molecular formula is C16H22N4. The van der Waals surface area contributed by atoms with Gasteiger partial charge in [-0.05, 0) is 51.4 Å². The topological polar surface area (TPSA) is 44.8 Å². The van der Waals surface area contributed by atoms with Gasteiger partial charge in [0.05, 0.1) is 11.4 Å². The van der Waals surface area contributed by atoms with Gasteiger partial charge in [-0.1, -0.05) is 6.07 Å². The van der Waals surface area contributed by atoms with E-state index < -0.39 is 0 Å². The zero-order valence-electron chi connectivity index (χ0n) is 12.2. The number of H-pyrrole nitrogens is 1. The van der Waals surface area contributed by atoms with Crippen LogP contribution in [0.25, 0.3) is 11.4 Å². The second kappa shape index (κ2) is 5.75. The first-order valence-electron chi connectivity index (χ1n) is 7.45. The highest BCUT2D eigenvalue weighted by Gasteiger charge is 2.23. The molecule has 1 saturated heterocycles. The van der Waals surface area contributed by atoms with Crippen LogP contribution in [0.4, 0.5) is 0 Å². The minimum atomic E-state index is 0.550. The lowest BCUT2D eigenvalue weighted by Crippen LogP contribution is -2.39. The second-order valence-corrected chi connectivity index (χ2v) is 5.85. The van der Waals surface area contributed by atoms with Crippen LogP contribution in [0.1, 0.15) is 38.3 Å². The highest BCUT2D eigenvalue weighted by Crippen LogP contribution is 2.28. The molecule has 1 aliphatic rings. The van der Waals surface area contributed by atoms with Gasteiger partial charge in [-0.3, -0.25) is 10.1 Å². The number of nitrogens with one attached hydrogen (secondary N) is 1. The van der Waals surface area contributed by atoms with Crippen molar-refractivity contribution in [2.45, 2.75) is 38.6 Å². The Morgan fingerprint density at radius 1 is 1.30 bits per heavy atom. The van der Waals surface area contributed by atoms with Crippen LogP contribution in [0, 0.1) is 0 Å². The van der Waals surface area contributed by atoms with Crippen molar-refractivity contribution in [3.63, 3.8) is 0 Å². The first-order valence-corrected chi connectivity index (χ1v) is 7.45. The molecular weight excluding hydrogens is 248 g/mol. The monoisotopic (exact) mass is 270 g/mol. The van der Waals surface area contributed by atoms with Gasteiger partial charge in [-0.25, -0.2) is 0 Å². The molecule has 2 aromatic heterocycles. The molecule has 4 heteroatoms. The van der Waals surface area contributed by atoms with Crippen molar-refractivity contribution in [2.24, 2.45) is 0 Å². The Bertz CT molecular complexity index is 547. The van der Waals surface area contributed by atoms with Gasteiger partial charge in [0.25, 0.3) is 0 Å². The molecule has 0 aromatic carbocycles. The summed E-state index contributed by atoms with van der Waals surface area (Å²) in [4.78, 5) is 7.39. The molecule has 1 fully saturated rings. The molecule has 20 heavy (non-hydrogen) atoms. The van der Waals surface area contributed by atoms with Gasteiger partial charge >= 0.3 is 0 Å². The molecule has 0 amide bonds. The molecule has 0 aliphatic carbocycles. The summed E-state index contributed by atoms with van der Waals surface area (Å²) in [6.45, 7) is 6.89. The summed E-state index contributed by atoms with van der Waals surface area (Å²) in [5, 5.41) is 6.99. The first-order chi connectivity index (χ1) is 9.74. The number of nitrogens with zero attached hydrogens (tertiary/aromatic N) is 3. The van der Waals surface area contributed by atoms with Crippen molar-refractivity contribution in [3.05, 3.63) is 36.2 Å². The summed E-state index contributed by atoms with van der Waals surface area (Å²) in [7, 11) is 0. The van der Waals surface area contributed by atoms with Crippen LogP contribution >= 0.6 is 0 Å². The van der Waals surface area contributed by atoms with E-state index in [1.807, 2.05) is 12.1 Å². The van der Waals surface area contributed by atoms with Crippen LogP contribution < -0.4 is 0 Å². The third-order valence-electron chi connectivity index (χ3n) is 4.15. The summed E-state index contributed by atoms with van der Waals surface area (Å²) in [5.74, 6) is 0.550. The number of piperidine rings is 1. The van der Waals surface area contributed by atoms with Crippen molar-refractivity contribution >= 4 is 0 Å². The molecule has 1 aliphatic heterocycles. The second-order valence-electron chi connectivity index (χ2n) is 5.85. The van der Waals surface area contributed by atoms with Gasteiger partial charge in [0.2, 0.25) is 0 Å². The van der Waals surface area contributed by atoms with Crippen LogP contribution in [-0.2, 0) is 0 Å². The van der Waals surface area contributed by atoms with Crippen molar-refractivity contribution in [3.8, 4) is 11.4 Å². The maximum Gasteiger partial charge on any atom is 0.0883 e. The fourth-order valence-electron chi connectivity index (χ4n) is 2.94. The molecule has 3 heterocycles. The van der Waals surface area contributed by atoms with Gasteiger partial charge in [-0.2, -0.15) is 5.10 Å². The van der Waals surface area contributed by atoms with E-state index in [0.29, 0.717) is 12.0 Å². The van der Waals surface area contributed by atoms with E-state index >= 15 is 0 Å². The van der Waals surface area contributed by atoms with Gasteiger partial charge < -0.3 is 4.90 Å². The zero-order chi connectivity index (χ0) is 13.9. The van der Waals surface area contributed by atoms with Crippen LogP contribution in [0.15, 0.2) is 30.5 Å². The normalized spacial score (nSPS) is 20.4. The molecule has 0 radical (unpaired) electrons. The zero-order valence-corrected chi connectivity index (χ0v) is 12.2. The summed E-state index contributed by atoms with van der Waals surface area (Å²) in [6.07, 6.45) is 4.27. The van der Waals surface area contributed by atoms with E-state index in [0.717, 1.165) is 17.9 Å². The number of likely N-dealkylation sites (tertiary alicyclic amines) is 1. The summed E-state index contributed by atoms with van der Waals surface area (Å²) in [5.41, 5.74) is 3.19. The Morgan fingerprint density at radius 3 is 2.95 bits per heavy atom. The summed E-state index contributed by atoms with van der Waals surface area (Å²) < 4.78 is 0. The first kappa shape index (κ1) is 13.3. The van der Waals surface area contributed by atoms with Crippen LogP contribution in [0.2, 0.25) is 0 Å². The van der Waals surface area contributed by atoms with Crippen molar-refractivity contribution in [2.75, 3.05) is 13.1 Å². The molecule has 4 nitrogen and oxygen atoms in total. The molecule has 106 valence electrons. The molecule has 0 spiro atoms. The van der Waals surface area contributed by atoms with E-state index in [9.17, 15) is 0 Å². The van der Waals surface area contributed by atoms with E-state index in [2.05, 4.69) is 41.1 Å². The van der Waals surface area contributed by atoms with Gasteiger partial charge in [0, 0.05) is 30.4 Å². The van der Waals surface area contributed by atoms with E-state index in [1.165, 1.54) is 25.1 Å². The molecule has 0 bridgehead atoms. The van der Waals surface area contributed by atoms with Crippen LogP contribution in [0.5, 0.6) is 0 Å². The predicted octanol–water partition coefficient (Wildman–Crippen LogP) is 3.06. The summed E-state index contributed by atoms with van der Waals surface area (Å²) in [6, 6.07) is 8.89. The van der Waals surface area contributed by atoms with Crippen molar-refractivity contribution in [1.82, 2.24) is 20.1 Å². The van der Waals surface area contributed by atoms with Crippen molar-refractivity contribution in [1.29, 1.82) is 0 Å². The number of hydrogen-bond acceptors (Lipinski definition) is 3. The lowest BCUT2D eigenvalue weighted by molar-refractivity contribution is 0.166. The molecule has 0 saturated carbocycles. The maximum atomic E-state index is 4.83. The summed E-state index contributed by atoms with van der Waals surface area (Å²) >= 11 is 0. The lowest BCUT2D eigenvalue weighted by atomic mass is 9.93. The van der Waals surface area contributed by atoms with Crippen molar-refractivity contribution < 1.29 is 0 Å². The highest BCUT2D eigenvalue weighted by molar-refractivity contribution is 5.53. The fourth-order valence-corrected chi connectivity index (χ4v) is 2.94. The number of pyridine rings is 1. The smallest absolute Gasteiger partial charge is 0.0883 e. The molecule has 1 atom stereocenters. The Kier molecular flexibility index (Phi) is 3.83. The lowest BCUT2D eigenvalue weighted by Gasteiger charge is -2.35. The maximum absolute atomic E-state index is 4.83. The minimum Gasteiger partial charge on any atom is -0.300 e.